The Labute approximate surface area is 185 Å². The molecule has 1 N–H and O–H groups in total. The molecule has 0 radical (unpaired) electrons. The van der Waals surface area contributed by atoms with Gasteiger partial charge in [-0.1, -0.05) is 55.1 Å². The van der Waals surface area contributed by atoms with E-state index in [-0.39, 0.29) is 24.4 Å². The molecule has 2 fully saturated rings. The number of rotatable bonds is 5. The van der Waals surface area contributed by atoms with E-state index in [4.69, 9.17) is 28.6 Å². The first-order valence-corrected chi connectivity index (χ1v) is 10.8. The molecule has 2 aromatic carbocycles. The van der Waals surface area contributed by atoms with Crippen LogP contribution in [-0.4, -0.2) is 22.0 Å². The van der Waals surface area contributed by atoms with Crippen LogP contribution in [0, 0.1) is 5.82 Å². The maximum absolute atomic E-state index is 13.7. The first-order valence-electron chi connectivity index (χ1n) is 10.0. The Balaban J connectivity index is 1.46. The van der Waals surface area contributed by atoms with Crippen LogP contribution >= 0.6 is 23.8 Å². The van der Waals surface area contributed by atoms with E-state index in [1.165, 1.54) is 12.5 Å². The van der Waals surface area contributed by atoms with Gasteiger partial charge in [0.25, 0.3) is 5.91 Å². The molecule has 1 saturated heterocycles. The SMILES string of the molecule is O=C1/C(=C/c2ccc(OCc3ccccc3F)c(Cl)c2)NC(=S)N1C1CCCCC1. The quantitative estimate of drug-likeness (QED) is 0.492. The molecule has 30 heavy (non-hydrogen) atoms. The minimum Gasteiger partial charge on any atom is -0.487 e. The summed E-state index contributed by atoms with van der Waals surface area (Å²) >= 11 is 11.8. The number of carbonyl (C=O) groups is 1. The summed E-state index contributed by atoms with van der Waals surface area (Å²) in [6.07, 6.45) is 7.18. The zero-order valence-corrected chi connectivity index (χ0v) is 17.9. The molecule has 4 rings (SSSR count). The van der Waals surface area contributed by atoms with Gasteiger partial charge in [0, 0.05) is 11.6 Å². The molecule has 1 amide bonds. The van der Waals surface area contributed by atoms with Gasteiger partial charge >= 0.3 is 0 Å². The Morgan fingerprint density at radius 3 is 2.70 bits per heavy atom. The summed E-state index contributed by atoms with van der Waals surface area (Å²) in [5, 5.41) is 3.89. The number of thiocarbonyl (C=S) groups is 1. The largest absolute Gasteiger partial charge is 0.487 e. The lowest BCUT2D eigenvalue weighted by molar-refractivity contribution is -0.124. The van der Waals surface area contributed by atoms with Crippen LogP contribution in [0.15, 0.2) is 48.2 Å². The number of carbonyl (C=O) groups excluding carboxylic acids is 1. The molecule has 156 valence electrons. The Bertz CT molecular complexity index is 1000. The minimum atomic E-state index is -0.320. The number of nitrogens with one attached hydrogen (secondary N) is 1. The third-order valence-corrected chi connectivity index (χ3v) is 6.05. The Morgan fingerprint density at radius 2 is 1.97 bits per heavy atom. The lowest BCUT2D eigenvalue weighted by Crippen LogP contribution is -2.41. The zero-order chi connectivity index (χ0) is 21.1. The summed E-state index contributed by atoms with van der Waals surface area (Å²) in [6.45, 7) is 0.0808. The zero-order valence-electron chi connectivity index (χ0n) is 16.4. The Morgan fingerprint density at radius 1 is 1.20 bits per heavy atom. The predicted molar refractivity (Wildman–Crippen MR) is 120 cm³/mol. The van der Waals surface area contributed by atoms with Crippen molar-refractivity contribution in [2.24, 2.45) is 0 Å². The van der Waals surface area contributed by atoms with Gasteiger partial charge in [0.1, 0.15) is 23.9 Å². The van der Waals surface area contributed by atoms with Crippen LogP contribution in [0.3, 0.4) is 0 Å². The number of benzene rings is 2. The highest BCUT2D eigenvalue weighted by atomic mass is 35.5. The molecule has 7 heteroatoms. The second-order valence-corrected chi connectivity index (χ2v) is 8.32. The molecule has 2 aromatic rings. The average molecular weight is 445 g/mol. The van der Waals surface area contributed by atoms with Crippen molar-refractivity contribution < 1.29 is 13.9 Å². The van der Waals surface area contributed by atoms with Crippen LogP contribution in [0.25, 0.3) is 6.08 Å². The maximum atomic E-state index is 13.7. The molecule has 4 nitrogen and oxygen atoms in total. The molecule has 0 aromatic heterocycles. The van der Waals surface area contributed by atoms with E-state index in [0.29, 0.717) is 27.1 Å². The summed E-state index contributed by atoms with van der Waals surface area (Å²) < 4.78 is 19.4. The van der Waals surface area contributed by atoms with Crippen LogP contribution in [0.5, 0.6) is 5.75 Å². The van der Waals surface area contributed by atoms with Crippen LogP contribution in [0.1, 0.15) is 43.2 Å². The molecular weight excluding hydrogens is 423 g/mol. The van der Waals surface area contributed by atoms with Gasteiger partial charge in [0.15, 0.2) is 5.11 Å². The molecule has 0 spiro atoms. The van der Waals surface area contributed by atoms with E-state index in [1.807, 2.05) is 0 Å². The van der Waals surface area contributed by atoms with E-state index < -0.39 is 0 Å². The number of hydrogen-bond acceptors (Lipinski definition) is 3. The number of nitrogens with zero attached hydrogens (tertiary/aromatic N) is 1. The predicted octanol–water partition coefficient (Wildman–Crippen LogP) is 5.45. The van der Waals surface area contributed by atoms with Gasteiger partial charge in [-0.15, -0.1) is 0 Å². The smallest absolute Gasteiger partial charge is 0.276 e. The standard InChI is InChI=1S/C23H22ClFN2O2S/c24-18-12-15(10-11-21(18)29-14-16-6-4-5-9-19(16)25)13-20-22(28)27(23(30)26-20)17-7-2-1-3-8-17/h4-6,9-13,17H,1-3,7-8,14H2,(H,26,30)/b20-13-. The van der Waals surface area contributed by atoms with Crippen molar-refractivity contribution in [3.05, 3.63) is 70.1 Å². The van der Waals surface area contributed by atoms with Crippen molar-refractivity contribution >= 4 is 40.9 Å². The molecule has 0 unspecified atom stereocenters. The van der Waals surface area contributed by atoms with Crippen LogP contribution in [0.2, 0.25) is 5.02 Å². The van der Waals surface area contributed by atoms with Gasteiger partial charge in [0.2, 0.25) is 0 Å². The summed E-state index contributed by atoms with van der Waals surface area (Å²) in [6, 6.07) is 11.9. The van der Waals surface area contributed by atoms with Gasteiger partial charge in [-0.05, 0) is 54.9 Å². The van der Waals surface area contributed by atoms with Gasteiger partial charge in [-0.3, -0.25) is 9.69 Å². The van der Waals surface area contributed by atoms with Gasteiger partial charge < -0.3 is 10.1 Å². The second kappa shape index (κ2) is 9.14. The fraction of sp³-hybridized carbons (Fsp3) is 0.304. The van der Waals surface area contributed by atoms with Crippen molar-refractivity contribution in [1.29, 1.82) is 0 Å². The normalized spacial score (nSPS) is 18.7. The second-order valence-electron chi connectivity index (χ2n) is 7.53. The summed E-state index contributed by atoms with van der Waals surface area (Å²) in [4.78, 5) is 14.6. The molecule has 0 bridgehead atoms. The van der Waals surface area contributed by atoms with Crippen molar-refractivity contribution in [3.63, 3.8) is 0 Å². The fourth-order valence-corrected chi connectivity index (χ4v) is 4.47. The van der Waals surface area contributed by atoms with E-state index in [0.717, 1.165) is 31.2 Å². The van der Waals surface area contributed by atoms with Crippen molar-refractivity contribution in [2.75, 3.05) is 0 Å². The van der Waals surface area contributed by atoms with Gasteiger partial charge in [-0.2, -0.15) is 0 Å². The highest BCUT2D eigenvalue weighted by Crippen LogP contribution is 2.29. The van der Waals surface area contributed by atoms with Crippen LogP contribution in [0.4, 0.5) is 4.39 Å². The van der Waals surface area contributed by atoms with Gasteiger partial charge in [-0.25, -0.2) is 4.39 Å². The first-order chi connectivity index (χ1) is 14.5. The fourth-order valence-electron chi connectivity index (χ4n) is 3.88. The Kier molecular flexibility index (Phi) is 6.35. The highest BCUT2D eigenvalue weighted by molar-refractivity contribution is 7.80. The molecule has 0 atom stereocenters. The molecule has 2 aliphatic rings. The third kappa shape index (κ3) is 4.50. The third-order valence-electron chi connectivity index (χ3n) is 5.46. The number of hydrogen-bond donors (Lipinski definition) is 1. The van der Waals surface area contributed by atoms with Crippen molar-refractivity contribution in [2.45, 2.75) is 44.8 Å². The molecule has 1 aliphatic heterocycles. The van der Waals surface area contributed by atoms with E-state index in [2.05, 4.69) is 5.32 Å². The number of halogens is 2. The number of amides is 1. The Hall–Kier alpha value is -2.44. The highest BCUT2D eigenvalue weighted by Gasteiger charge is 2.36. The average Bonchev–Trinajstić information content (AvgIpc) is 3.02. The summed E-state index contributed by atoms with van der Waals surface area (Å²) in [5.41, 5.74) is 1.65. The molecule has 1 saturated carbocycles. The molecule has 1 heterocycles. The first kappa shape index (κ1) is 20.8. The van der Waals surface area contributed by atoms with Gasteiger partial charge in [0.05, 0.1) is 5.02 Å². The summed E-state index contributed by atoms with van der Waals surface area (Å²) in [5.74, 6) is 0.0364. The summed E-state index contributed by atoms with van der Waals surface area (Å²) in [7, 11) is 0. The molecular formula is C23H22ClFN2O2S. The van der Waals surface area contributed by atoms with Crippen LogP contribution < -0.4 is 10.1 Å². The topological polar surface area (TPSA) is 41.6 Å². The number of ether oxygens (including phenoxy) is 1. The monoisotopic (exact) mass is 444 g/mol. The van der Waals surface area contributed by atoms with E-state index in [1.54, 1.807) is 47.4 Å². The lowest BCUT2D eigenvalue weighted by atomic mass is 9.94. The minimum absolute atomic E-state index is 0.0808. The van der Waals surface area contributed by atoms with E-state index in [9.17, 15) is 9.18 Å². The van der Waals surface area contributed by atoms with Crippen molar-refractivity contribution in [3.8, 4) is 5.75 Å². The van der Waals surface area contributed by atoms with Crippen molar-refractivity contribution in [1.82, 2.24) is 10.2 Å². The lowest BCUT2D eigenvalue weighted by Gasteiger charge is -2.29. The maximum Gasteiger partial charge on any atom is 0.276 e. The van der Waals surface area contributed by atoms with E-state index >= 15 is 0 Å². The van der Waals surface area contributed by atoms with Crippen LogP contribution in [-0.2, 0) is 11.4 Å². The molecule has 1 aliphatic carbocycles.